The lowest BCUT2D eigenvalue weighted by Gasteiger charge is -2.12. The molecule has 0 nitrogen and oxygen atoms in total. The smallest absolute Gasteiger partial charge is 0.0556 e. The van der Waals surface area contributed by atoms with Gasteiger partial charge in [0.25, 0.3) is 0 Å². The predicted molar refractivity (Wildman–Crippen MR) is 72.2 cm³/mol. The zero-order valence-electron chi connectivity index (χ0n) is 8.72. The molecule has 1 aromatic rings. The molecule has 1 aliphatic rings. The lowest BCUT2D eigenvalue weighted by molar-refractivity contribution is 0.484. The summed E-state index contributed by atoms with van der Waals surface area (Å²) in [5, 5.41) is 3.00. The van der Waals surface area contributed by atoms with Gasteiger partial charge >= 0.3 is 0 Å². The van der Waals surface area contributed by atoms with Crippen LogP contribution in [0.15, 0.2) is 11.4 Å². The number of rotatable bonds is 4. The van der Waals surface area contributed by atoms with Gasteiger partial charge < -0.3 is 0 Å². The summed E-state index contributed by atoms with van der Waals surface area (Å²) in [4.78, 5) is 1.76. The van der Waals surface area contributed by atoms with Crippen molar-refractivity contribution in [1.29, 1.82) is 0 Å². The SMILES string of the molecule is Clc1ccsc1C(Br)CCC1CCCC1. The Kier molecular flexibility index (Phi) is 4.53. The number of thiophene rings is 1. The maximum Gasteiger partial charge on any atom is 0.0556 e. The second-order valence-corrected chi connectivity index (χ2v) is 6.79. The minimum Gasteiger partial charge on any atom is -0.146 e. The minimum atomic E-state index is 0.464. The van der Waals surface area contributed by atoms with Gasteiger partial charge in [-0.25, -0.2) is 0 Å². The summed E-state index contributed by atoms with van der Waals surface area (Å²) >= 11 is 11.6. The van der Waals surface area contributed by atoms with Crippen molar-refractivity contribution in [1.82, 2.24) is 0 Å². The van der Waals surface area contributed by atoms with Gasteiger partial charge in [-0.3, -0.25) is 0 Å². The Morgan fingerprint density at radius 2 is 2.20 bits per heavy atom. The second-order valence-electron chi connectivity index (χ2n) is 4.33. The van der Waals surface area contributed by atoms with E-state index in [1.807, 2.05) is 6.07 Å². The van der Waals surface area contributed by atoms with E-state index in [1.54, 1.807) is 11.3 Å². The quantitative estimate of drug-likeness (QED) is 0.616. The zero-order chi connectivity index (χ0) is 10.7. The van der Waals surface area contributed by atoms with Crippen molar-refractivity contribution >= 4 is 38.9 Å². The largest absolute Gasteiger partial charge is 0.146 e. The zero-order valence-corrected chi connectivity index (χ0v) is 11.9. The Hall–Kier alpha value is 0.470. The van der Waals surface area contributed by atoms with Crippen molar-refractivity contribution in [2.45, 2.75) is 43.4 Å². The molecule has 15 heavy (non-hydrogen) atoms. The molecule has 0 aliphatic heterocycles. The third-order valence-corrected chi connectivity index (χ3v) is 5.92. The van der Waals surface area contributed by atoms with E-state index in [0.29, 0.717) is 4.83 Å². The van der Waals surface area contributed by atoms with E-state index in [0.717, 1.165) is 10.9 Å². The molecule has 0 saturated heterocycles. The fourth-order valence-electron chi connectivity index (χ4n) is 2.34. The van der Waals surface area contributed by atoms with Crippen molar-refractivity contribution in [3.63, 3.8) is 0 Å². The topological polar surface area (TPSA) is 0 Å². The second kappa shape index (κ2) is 5.70. The van der Waals surface area contributed by atoms with Crippen LogP contribution in [0.25, 0.3) is 0 Å². The summed E-state index contributed by atoms with van der Waals surface area (Å²) in [6.07, 6.45) is 8.35. The Bertz CT molecular complexity index is 304. The lowest BCUT2D eigenvalue weighted by atomic mass is 10.0. The molecule has 0 radical (unpaired) electrons. The molecular weight excluding hydrogens is 292 g/mol. The van der Waals surface area contributed by atoms with Crippen molar-refractivity contribution in [3.05, 3.63) is 21.3 Å². The highest BCUT2D eigenvalue weighted by molar-refractivity contribution is 9.09. The van der Waals surface area contributed by atoms with Gasteiger partial charge in [-0.15, -0.1) is 11.3 Å². The molecule has 3 heteroatoms. The molecule has 1 saturated carbocycles. The highest BCUT2D eigenvalue weighted by Crippen LogP contribution is 2.39. The third-order valence-electron chi connectivity index (χ3n) is 3.23. The first-order valence-corrected chi connectivity index (χ1v) is 7.81. The van der Waals surface area contributed by atoms with Crippen LogP contribution < -0.4 is 0 Å². The number of hydrogen-bond acceptors (Lipinski definition) is 1. The average Bonchev–Trinajstić information content (AvgIpc) is 2.84. The van der Waals surface area contributed by atoms with Gasteiger partial charge in [0, 0.05) is 4.88 Å². The van der Waals surface area contributed by atoms with E-state index in [9.17, 15) is 0 Å². The van der Waals surface area contributed by atoms with Gasteiger partial charge in [0.1, 0.15) is 0 Å². The fraction of sp³-hybridized carbons (Fsp3) is 0.667. The van der Waals surface area contributed by atoms with Crippen LogP contribution >= 0.6 is 38.9 Å². The van der Waals surface area contributed by atoms with E-state index in [1.165, 1.54) is 43.4 Å². The molecule has 1 unspecified atom stereocenters. The highest BCUT2D eigenvalue weighted by Gasteiger charge is 2.18. The normalized spacial score (nSPS) is 19.6. The fourth-order valence-corrected chi connectivity index (χ4v) is 4.51. The van der Waals surface area contributed by atoms with Crippen LogP contribution in [-0.2, 0) is 0 Å². The first kappa shape index (κ1) is 11.9. The molecular formula is C12H16BrClS. The molecule has 0 aromatic carbocycles. The molecule has 0 N–H and O–H groups in total. The van der Waals surface area contributed by atoms with Crippen LogP contribution in [-0.4, -0.2) is 0 Å². The molecule has 84 valence electrons. The van der Waals surface area contributed by atoms with Gasteiger partial charge in [-0.05, 0) is 30.2 Å². The molecule has 1 aliphatic carbocycles. The molecule has 1 atom stereocenters. The van der Waals surface area contributed by atoms with Gasteiger partial charge in [-0.1, -0.05) is 53.2 Å². The van der Waals surface area contributed by atoms with Gasteiger partial charge in [0.05, 0.1) is 9.85 Å². The van der Waals surface area contributed by atoms with Crippen molar-refractivity contribution < 1.29 is 0 Å². The van der Waals surface area contributed by atoms with E-state index in [-0.39, 0.29) is 0 Å². The minimum absolute atomic E-state index is 0.464. The first-order chi connectivity index (χ1) is 7.27. The van der Waals surface area contributed by atoms with Crippen molar-refractivity contribution in [2.24, 2.45) is 5.92 Å². The number of halogens is 2. The van der Waals surface area contributed by atoms with E-state index < -0.39 is 0 Å². The number of alkyl halides is 1. The lowest BCUT2D eigenvalue weighted by Crippen LogP contribution is -1.96. The maximum atomic E-state index is 6.11. The van der Waals surface area contributed by atoms with Crippen LogP contribution in [0.2, 0.25) is 5.02 Å². The summed E-state index contributed by atoms with van der Waals surface area (Å²) in [6.45, 7) is 0. The number of hydrogen-bond donors (Lipinski definition) is 0. The Labute approximate surface area is 109 Å². The highest BCUT2D eigenvalue weighted by atomic mass is 79.9. The van der Waals surface area contributed by atoms with Gasteiger partial charge in [0.2, 0.25) is 0 Å². The Morgan fingerprint density at radius 1 is 1.47 bits per heavy atom. The van der Waals surface area contributed by atoms with Crippen LogP contribution in [0.4, 0.5) is 0 Å². The van der Waals surface area contributed by atoms with Gasteiger partial charge in [-0.2, -0.15) is 0 Å². The maximum absolute atomic E-state index is 6.11. The molecule has 0 amide bonds. The van der Waals surface area contributed by atoms with Crippen molar-refractivity contribution in [2.75, 3.05) is 0 Å². The van der Waals surface area contributed by atoms with E-state index >= 15 is 0 Å². The standard InChI is InChI=1S/C12H16BrClS/c13-10(12-11(14)7-8-15-12)6-5-9-3-1-2-4-9/h7-10H,1-6H2. The summed E-state index contributed by atoms with van der Waals surface area (Å²) in [5.74, 6) is 0.976. The van der Waals surface area contributed by atoms with Crippen LogP contribution in [0.1, 0.15) is 48.2 Å². The monoisotopic (exact) mass is 306 g/mol. The molecule has 1 fully saturated rings. The van der Waals surface area contributed by atoms with E-state index in [2.05, 4.69) is 21.3 Å². The Balaban J connectivity index is 1.81. The van der Waals surface area contributed by atoms with Crippen LogP contribution in [0.3, 0.4) is 0 Å². The summed E-state index contributed by atoms with van der Waals surface area (Å²) in [5.41, 5.74) is 0. The third kappa shape index (κ3) is 3.21. The average molecular weight is 308 g/mol. The van der Waals surface area contributed by atoms with E-state index in [4.69, 9.17) is 11.6 Å². The van der Waals surface area contributed by atoms with Gasteiger partial charge in [0.15, 0.2) is 0 Å². The molecule has 0 spiro atoms. The molecule has 1 heterocycles. The summed E-state index contributed by atoms with van der Waals surface area (Å²) < 4.78 is 0. The summed E-state index contributed by atoms with van der Waals surface area (Å²) in [6, 6.07) is 1.99. The molecule has 2 rings (SSSR count). The first-order valence-electron chi connectivity index (χ1n) is 5.64. The molecule has 0 bridgehead atoms. The van der Waals surface area contributed by atoms with Crippen molar-refractivity contribution in [3.8, 4) is 0 Å². The predicted octanol–water partition coefficient (Wildman–Crippen LogP) is 5.81. The van der Waals surface area contributed by atoms with Crippen LogP contribution in [0.5, 0.6) is 0 Å². The summed E-state index contributed by atoms with van der Waals surface area (Å²) in [7, 11) is 0. The van der Waals surface area contributed by atoms with Crippen LogP contribution in [0, 0.1) is 5.92 Å². The molecule has 1 aromatic heterocycles. The Morgan fingerprint density at radius 3 is 2.80 bits per heavy atom.